The van der Waals surface area contributed by atoms with Crippen LogP contribution in [-0.2, 0) is 34.3 Å². The summed E-state index contributed by atoms with van der Waals surface area (Å²) in [5, 5.41) is 0. The minimum atomic E-state index is -2.66. The predicted octanol–water partition coefficient (Wildman–Crippen LogP) is 7.97. The summed E-state index contributed by atoms with van der Waals surface area (Å²) >= 11 is 0. The van der Waals surface area contributed by atoms with Crippen LogP contribution in [0.15, 0.2) is 17.7 Å². The van der Waals surface area contributed by atoms with Gasteiger partial charge in [-0.05, 0) is 6.42 Å². The molecule has 0 aromatic heterocycles. The van der Waals surface area contributed by atoms with E-state index in [0.717, 1.165) is 12.8 Å². The third kappa shape index (κ3) is 13.6. The van der Waals surface area contributed by atoms with Crippen molar-refractivity contribution in [1.82, 2.24) is 0 Å². The molecule has 0 aliphatic heterocycles. The minimum absolute atomic E-state index is 0. The molecule has 0 fully saturated rings. The Morgan fingerprint density at radius 1 is 0.800 bits per heavy atom. The van der Waals surface area contributed by atoms with Crippen LogP contribution in [0.25, 0.3) is 0 Å². The van der Waals surface area contributed by atoms with Gasteiger partial charge in [0, 0.05) is 26.9 Å². The summed E-state index contributed by atoms with van der Waals surface area (Å²) in [7, 11) is 2.48. The van der Waals surface area contributed by atoms with E-state index in [2.05, 4.69) is 25.2 Å². The maximum Gasteiger partial charge on any atom is 4.00 e. The monoisotopic (exact) mass is 621 g/mol. The number of allylic oxidation sites excluding steroid dienone is 4. The van der Waals surface area contributed by atoms with E-state index in [-0.39, 0.29) is 48.9 Å². The molecule has 0 spiro atoms. The van der Waals surface area contributed by atoms with Crippen LogP contribution < -0.4 is 0 Å². The summed E-state index contributed by atoms with van der Waals surface area (Å²) in [4.78, 5) is 0. The van der Waals surface area contributed by atoms with Gasteiger partial charge in [0.15, 0.2) is 0 Å². The Balaban J connectivity index is -0.000000845. The van der Waals surface area contributed by atoms with Crippen molar-refractivity contribution in [1.29, 1.82) is 0 Å². The first-order chi connectivity index (χ1) is 12.7. The molecule has 1 unspecified atom stereocenters. The van der Waals surface area contributed by atoms with Crippen LogP contribution in [0, 0.1) is 28.4 Å². The summed E-state index contributed by atoms with van der Waals surface area (Å²) in [6.45, 7) is 2.28. The molecule has 0 saturated heterocycles. The summed E-state index contributed by atoms with van der Waals surface area (Å²) in [6, 6.07) is 0. The van der Waals surface area contributed by atoms with E-state index in [0.29, 0.717) is 0 Å². The maximum absolute atomic E-state index is 5.76. The molecule has 0 heterocycles. The smallest absolute Gasteiger partial charge is 0.377 e. The zero-order chi connectivity index (χ0) is 19.1. The largest absolute Gasteiger partial charge is 4.00 e. The fraction of sp³-hybridized carbons (Fsp3) is 0.720. The molecule has 0 radical (unpaired) electrons. The Kier molecular flexibility index (Phi) is 30.0. The fourth-order valence-electron chi connectivity index (χ4n) is 3.87. The van der Waals surface area contributed by atoms with Crippen LogP contribution in [0.1, 0.15) is 90.4 Å². The van der Waals surface area contributed by atoms with Crippen LogP contribution in [0.3, 0.4) is 0 Å². The zero-order valence-electron chi connectivity index (χ0n) is 21.0. The Morgan fingerprint density at radius 3 is 1.60 bits per heavy atom. The molecule has 0 saturated carbocycles. The Labute approximate surface area is 206 Å². The molecular weight excluding hydrogens is 571 g/mol. The molecule has 0 aromatic carbocycles. The molecule has 182 valence electrons. The fourth-order valence-corrected chi connectivity index (χ4v) is 6.36. The van der Waals surface area contributed by atoms with Crippen LogP contribution >= 0.6 is 0 Å². The molecule has 0 N–H and O–H groups in total. The van der Waals surface area contributed by atoms with E-state index in [1.807, 2.05) is 0 Å². The Hall–Kier alpha value is 0.265. The summed E-state index contributed by atoms with van der Waals surface area (Å²) < 4.78 is 17.3. The predicted molar refractivity (Wildman–Crippen MR) is 131 cm³/mol. The van der Waals surface area contributed by atoms with Crippen LogP contribution in [0.4, 0.5) is 0 Å². The molecule has 0 aromatic rings. The van der Waals surface area contributed by atoms with Crippen molar-refractivity contribution in [3.8, 4) is 0 Å². The van der Waals surface area contributed by atoms with Gasteiger partial charge in [-0.2, -0.15) is 6.08 Å². The topological polar surface area (TPSA) is 27.7 Å². The number of unbranched alkanes of at least 4 members (excludes halogenated alkanes) is 10. The van der Waals surface area contributed by atoms with E-state index in [1.165, 1.54) is 76.2 Å². The maximum atomic E-state index is 5.76. The van der Waals surface area contributed by atoms with Crippen molar-refractivity contribution in [3.63, 3.8) is 0 Å². The Bertz CT molecular complexity index is 401. The molecule has 1 rings (SSSR count). The average molecular weight is 622 g/mol. The van der Waals surface area contributed by atoms with E-state index < -0.39 is 8.80 Å². The van der Waals surface area contributed by atoms with Crippen molar-refractivity contribution in [2.24, 2.45) is 0 Å². The first-order valence-corrected chi connectivity index (χ1v) is 12.5. The number of hydrogen-bond donors (Lipinski definition) is 0. The van der Waals surface area contributed by atoms with Crippen molar-refractivity contribution >= 4 is 8.80 Å². The normalized spacial score (nSPS) is 13.4. The molecule has 0 bridgehead atoms. The Morgan fingerprint density at radius 2 is 1.23 bits per heavy atom. The van der Waals surface area contributed by atoms with Crippen LogP contribution in [-0.4, -0.2) is 30.1 Å². The van der Waals surface area contributed by atoms with Gasteiger partial charge in [0.1, 0.15) is 0 Å². The first kappa shape index (κ1) is 37.6. The second-order valence-electron chi connectivity index (χ2n) is 7.33. The minimum Gasteiger partial charge on any atom is -0.377 e. The molecule has 1 aliphatic rings. The summed E-state index contributed by atoms with van der Waals surface area (Å²) in [6.07, 6.45) is 24.7. The van der Waals surface area contributed by atoms with Crippen LogP contribution in [0.5, 0.6) is 0 Å². The third-order valence-corrected chi connectivity index (χ3v) is 8.63. The second kappa shape index (κ2) is 23.9. The van der Waals surface area contributed by atoms with Crippen LogP contribution in [0.2, 0.25) is 5.54 Å². The van der Waals surface area contributed by atoms with E-state index >= 15 is 0 Å². The van der Waals surface area contributed by atoms with E-state index in [4.69, 9.17) is 13.3 Å². The molecule has 0 amide bonds. The number of hydrogen-bond acceptors (Lipinski definition) is 3. The third-order valence-electron chi connectivity index (χ3n) is 5.47. The number of rotatable bonds is 17. The quantitative estimate of drug-likeness (QED) is 0.0937. The summed E-state index contributed by atoms with van der Waals surface area (Å²) in [5.41, 5.74) is 1.43. The van der Waals surface area contributed by atoms with Gasteiger partial charge in [-0.15, -0.1) is 6.42 Å². The zero-order valence-corrected chi connectivity index (χ0v) is 24.2. The molecule has 5 heteroatoms. The molecule has 1 aliphatic carbocycles. The van der Waals surface area contributed by atoms with Gasteiger partial charge in [0.05, 0.1) is 0 Å². The summed E-state index contributed by atoms with van der Waals surface area (Å²) in [5.74, 6) is 0. The molecule has 1 atom stereocenters. The second-order valence-corrected chi connectivity index (χ2v) is 10.5. The standard InChI is InChI=1S/C22H41O3Si.3CH3.Pt/c1-5-6-7-8-9-10-11-12-13-14-15-20-22(21-18-16-17-19-21)26(23-2,24-3)25-4;;;;/h16,18,22H,5-15,17,20H2,1-4H3;3*1H3;/q4*-1;+4. The first-order valence-electron chi connectivity index (χ1n) is 10.7. The van der Waals surface area contributed by atoms with Gasteiger partial charge >= 0.3 is 29.9 Å². The van der Waals surface area contributed by atoms with Crippen molar-refractivity contribution in [2.45, 2.75) is 95.9 Å². The van der Waals surface area contributed by atoms with Gasteiger partial charge in [-0.25, -0.2) is 11.6 Å². The van der Waals surface area contributed by atoms with E-state index in [9.17, 15) is 0 Å². The SMILES string of the molecule is CCCCCCCCCCCCCC(C1=[C-]CC=C1)[Si](OC)(OC)OC.[CH3-].[CH3-].[CH3-].[Pt+4]. The molecule has 30 heavy (non-hydrogen) atoms. The average Bonchev–Trinajstić information content (AvgIpc) is 3.20. The van der Waals surface area contributed by atoms with Gasteiger partial charge in [-0.3, -0.25) is 6.08 Å². The van der Waals surface area contributed by atoms with Crippen molar-refractivity contribution in [2.75, 3.05) is 21.3 Å². The van der Waals surface area contributed by atoms with Gasteiger partial charge < -0.3 is 35.6 Å². The van der Waals surface area contributed by atoms with Gasteiger partial charge in [-0.1, -0.05) is 77.6 Å². The molecule has 3 nitrogen and oxygen atoms in total. The van der Waals surface area contributed by atoms with E-state index in [1.54, 1.807) is 21.3 Å². The van der Waals surface area contributed by atoms with Gasteiger partial charge in [0.25, 0.3) is 0 Å². The van der Waals surface area contributed by atoms with Crippen molar-refractivity contribution in [3.05, 3.63) is 46.1 Å². The molecular formula is C25H50O3PtSi. The van der Waals surface area contributed by atoms with Crippen molar-refractivity contribution < 1.29 is 34.3 Å². The van der Waals surface area contributed by atoms with Gasteiger partial charge in [0.2, 0.25) is 0 Å².